The molecule has 2 aromatic carbocycles. The van der Waals surface area contributed by atoms with E-state index in [9.17, 15) is 10.2 Å². The molecule has 0 aliphatic carbocycles. The molecule has 0 unspecified atom stereocenters. The number of hydrogen-bond acceptors (Lipinski definition) is 4. The largest absolute Gasteiger partial charge is 0.504 e. The van der Waals surface area contributed by atoms with E-state index in [0.29, 0.717) is 22.7 Å². The lowest BCUT2D eigenvalue weighted by Gasteiger charge is -2.02. The number of methoxy groups -OCH3 is 1. The minimum absolute atomic E-state index is 0.157. The second kappa shape index (κ2) is 5.72. The van der Waals surface area contributed by atoms with Gasteiger partial charge in [0.2, 0.25) is 0 Å². The van der Waals surface area contributed by atoms with Crippen LogP contribution in [0.15, 0.2) is 40.8 Å². The van der Waals surface area contributed by atoms with Crippen LogP contribution in [0.3, 0.4) is 0 Å². The first-order valence-corrected chi connectivity index (χ1v) is 7.31. The molecule has 4 heteroatoms. The minimum atomic E-state index is -0.177. The SMILES string of the molecule is CC=Cc1cc(OC)c2oc(-c3ccc(O)c(O)c3)c(C)c2c1. The lowest BCUT2D eigenvalue weighted by Crippen LogP contribution is -1.85. The van der Waals surface area contributed by atoms with Gasteiger partial charge in [-0.3, -0.25) is 0 Å². The molecule has 0 saturated carbocycles. The average molecular weight is 310 g/mol. The van der Waals surface area contributed by atoms with Gasteiger partial charge in [-0.05, 0) is 49.7 Å². The zero-order valence-corrected chi connectivity index (χ0v) is 13.3. The van der Waals surface area contributed by atoms with Crippen LogP contribution < -0.4 is 4.74 Å². The Bertz CT molecular complexity index is 903. The predicted molar refractivity (Wildman–Crippen MR) is 91.0 cm³/mol. The lowest BCUT2D eigenvalue weighted by molar-refractivity contribution is 0.403. The summed E-state index contributed by atoms with van der Waals surface area (Å²) >= 11 is 0. The number of benzene rings is 2. The molecule has 4 nitrogen and oxygen atoms in total. The monoisotopic (exact) mass is 310 g/mol. The van der Waals surface area contributed by atoms with Crippen LogP contribution in [0.25, 0.3) is 28.4 Å². The van der Waals surface area contributed by atoms with Crippen molar-refractivity contribution in [3.8, 4) is 28.6 Å². The van der Waals surface area contributed by atoms with E-state index < -0.39 is 0 Å². The van der Waals surface area contributed by atoms with Crippen molar-refractivity contribution in [2.75, 3.05) is 7.11 Å². The van der Waals surface area contributed by atoms with E-state index in [2.05, 4.69) is 0 Å². The highest BCUT2D eigenvalue weighted by Gasteiger charge is 2.17. The van der Waals surface area contributed by atoms with Crippen molar-refractivity contribution in [3.05, 3.63) is 47.5 Å². The van der Waals surface area contributed by atoms with E-state index in [-0.39, 0.29) is 11.5 Å². The summed E-state index contributed by atoms with van der Waals surface area (Å²) in [4.78, 5) is 0. The van der Waals surface area contributed by atoms with Crippen LogP contribution in [0.4, 0.5) is 0 Å². The molecule has 1 aromatic heterocycles. The van der Waals surface area contributed by atoms with Gasteiger partial charge < -0.3 is 19.4 Å². The number of rotatable bonds is 3. The van der Waals surface area contributed by atoms with E-state index in [0.717, 1.165) is 16.5 Å². The van der Waals surface area contributed by atoms with E-state index in [1.807, 2.05) is 38.1 Å². The molecule has 23 heavy (non-hydrogen) atoms. The summed E-state index contributed by atoms with van der Waals surface area (Å²) in [7, 11) is 1.61. The van der Waals surface area contributed by atoms with Crippen LogP contribution in [0.5, 0.6) is 17.2 Å². The molecular weight excluding hydrogens is 292 g/mol. The Balaban J connectivity index is 2.27. The van der Waals surface area contributed by atoms with Crippen molar-refractivity contribution >= 4 is 17.0 Å². The Labute approximate surface area is 134 Å². The first kappa shape index (κ1) is 15.0. The third-order valence-electron chi connectivity index (χ3n) is 3.84. The molecule has 0 aliphatic rings. The van der Waals surface area contributed by atoms with Crippen LogP contribution in [-0.2, 0) is 0 Å². The van der Waals surface area contributed by atoms with Gasteiger partial charge in [-0.1, -0.05) is 12.2 Å². The molecule has 0 aliphatic heterocycles. The molecule has 2 N–H and O–H groups in total. The molecule has 1 heterocycles. The molecule has 0 atom stereocenters. The summed E-state index contributed by atoms with van der Waals surface area (Å²) in [5, 5.41) is 20.1. The zero-order valence-electron chi connectivity index (χ0n) is 13.3. The summed E-state index contributed by atoms with van der Waals surface area (Å²) in [6, 6.07) is 8.60. The van der Waals surface area contributed by atoms with Crippen molar-refractivity contribution in [1.29, 1.82) is 0 Å². The highest BCUT2D eigenvalue weighted by Crippen LogP contribution is 2.40. The van der Waals surface area contributed by atoms with Crippen LogP contribution in [0.1, 0.15) is 18.1 Å². The fourth-order valence-electron chi connectivity index (χ4n) is 2.69. The first-order chi connectivity index (χ1) is 11.0. The van der Waals surface area contributed by atoms with Crippen LogP contribution in [0, 0.1) is 6.92 Å². The number of phenolic OH excluding ortho intramolecular Hbond substituents is 2. The van der Waals surface area contributed by atoms with Gasteiger partial charge in [0.1, 0.15) is 5.76 Å². The Morgan fingerprint density at radius 2 is 1.87 bits per heavy atom. The van der Waals surface area contributed by atoms with Gasteiger partial charge in [0.15, 0.2) is 22.8 Å². The van der Waals surface area contributed by atoms with Gasteiger partial charge in [0, 0.05) is 16.5 Å². The lowest BCUT2D eigenvalue weighted by atomic mass is 10.0. The second-order valence-corrected chi connectivity index (χ2v) is 5.36. The summed E-state index contributed by atoms with van der Waals surface area (Å²) in [5.74, 6) is 0.971. The summed E-state index contributed by atoms with van der Waals surface area (Å²) in [6.45, 7) is 3.92. The van der Waals surface area contributed by atoms with Gasteiger partial charge in [-0.25, -0.2) is 0 Å². The number of fused-ring (bicyclic) bond motifs is 1. The third-order valence-corrected chi connectivity index (χ3v) is 3.84. The Hall–Kier alpha value is -2.88. The quantitative estimate of drug-likeness (QED) is 0.678. The number of hydrogen-bond donors (Lipinski definition) is 2. The third kappa shape index (κ3) is 2.52. The van der Waals surface area contributed by atoms with Gasteiger partial charge in [-0.15, -0.1) is 0 Å². The van der Waals surface area contributed by atoms with Crippen molar-refractivity contribution in [1.82, 2.24) is 0 Å². The van der Waals surface area contributed by atoms with Crippen molar-refractivity contribution in [2.45, 2.75) is 13.8 Å². The zero-order chi connectivity index (χ0) is 16.6. The summed E-state index contributed by atoms with van der Waals surface area (Å²) < 4.78 is 11.4. The van der Waals surface area contributed by atoms with Gasteiger partial charge in [0.05, 0.1) is 7.11 Å². The van der Waals surface area contributed by atoms with E-state index in [1.165, 1.54) is 12.1 Å². The van der Waals surface area contributed by atoms with Crippen molar-refractivity contribution in [3.63, 3.8) is 0 Å². The maximum absolute atomic E-state index is 9.72. The summed E-state index contributed by atoms with van der Waals surface area (Å²) in [6.07, 6.45) is 3.97. The highest BCUT2D eigenvalue weighted by molar-refractivity contribution is 5.93. The number of aryl methyl sites for hydroxylation is 1. The fraction of sp³-hybridized carbons (Fsp3) is 0.158. The minimum Gasteiger partial charge on any atom is -0.504 e. The van der Waals surface area contributed by atoms with E-state index in [4.69, 9.17) is 9.15 Å². The van der Waals surface area contributed by atoms with Gasteiger partial charge in [-0.2, -0.15) is 0 Å². The number of furan rings is 1. The molecule has 0 saturated heterocycles. The molecule has 0 bridgehead atoms. The molecule has 0 fully saturated rings. The number of allylic oxidation sites excluding steroid dienone is 1. The topological polar surface area (TPSA) is 62.8 Å². The Kier molecular flexibility index (Phi) is 3.74. The first-order valence-electron chi connectivity index (χ1n) is 7.31. The fourth-order valence-corrected chi connectivity index (χ4v) is 2.69. The normalized spacial score (nSPS) is 11.4. The molecule has 3 aromatic rings. The molecule has 0 amide bonds. The Morgan fingerprint density at radius 1 is 1.09 bits per heavy atom. The van der Waals surface area contributed by atoms with Crippen LogP contribution >= 0.6 is 0 Å². The Morgan fingerprint density at radius 3 is 2.52 bits per heavy atom. The van der Waals surface area contributed by atoms with Crippen LogP contribution in [0.2, 0.25) is 0 Å². The molecular formula is C19H18O4. The maximum Gasteiger partial charge on any atom is 0.176 e. The molecule has 0 radical (unpaired) electrons. The van der Waals surface area contributed by atoms with Gasteiger partial charge in [0.25, 0.3) is 0 Å². The van der Waals surface area contributed by atoms with Gasteiger partial charge >= 0.3 is 0 Å². The van der Waals surface area contributed by atoms with E-state index >= 15 is 0 Å². The van der Waals surface area contributed by atoms with E-state index in [1.54, 1.807) is 13.2 Å². The number of aromatic hydroxyl groups is 2. The summed E-state index contributed by atoms with van der Waals surface area (Å²) in [5.41, 5.74) is 3.35. The number of phenols is 2. The molecule has 0 spiro atoms. The average Bonchev–Trinajstić information content (AvgIpc) is 2.87. The standard InChI is InChI=1S/C19H18O4/c1-4-5-12-8-14-11(2)18(23-19(14)17(9-12)22-3)13-6-7-15(20)16(21)10-13/h4-10,20-21H,1-3H3. The predicted octanol–water partition coefficient (Wildman–Crippen LogP) is 4.86. The highest BCUT2D eigenvalue weighted by atomic mass is 16.5. The number of ether oxygens (including phenoxy) is 1. The molecule has 118 valence electrons. The van der Waals surface area contributed by atoms with Crippen LogP contribution in [-0.4, -0.2) is 17.3 Å². The second-order valence-electron chi connectivity index (χ2n) is 5.36. The van der Waals surface area contributed by atoms with Crippen molar-refractivity contribution < 1.29 is 19.4 Å². The maximum atomic E-state index is 9.72. The molecule has 3 rings (SSSR count). The smallest absolute Gasteiger partial charge is 0.176 e. The van der Waals surface area contributed by atoms with Crippen molar-refractivity contribution in [2.24, 2.45) is 0 Å².